The Morgan fingerprint density at radius 2 is 1.90 bits per heavy atom. The third-order valence-electron chi connectivity index (χ3n) is 6.20. The highest BCUT2D eigenvalue weighted by molar-refractivity contribution is 4.98. The van der Waals surface area contributed by atoms with Crippen LogP contribution in [0.2, 0.25) is 0 Å². The van der Waals surface area contributed by atoms with Crippen molar-refractivity contribution >= 4 is 0 Å². The van der Waals surface area contributed by atoms with Gasteiger partial charge in [0.2, 0.25) is 0 Å². The van der Waals surface area contributed by atoms with E-state index in [1.165, 1.54) is 38.5 Å². The zero-order valence-electron chi connectivity index (χ0n) is 14.8. The van der Waals surface area contributed by atoms with E-state index < -0.39 is 0 Å². The molecule has 2 fully saturated rings. The number of nitrogens with one attached hydrogen (secondary N) is 1. The molecule has 0 aromatic heterocycles. The SMILES string of the molecule is CCC(C)(C)C1CCC(NC)C(N(CCOC)C2CC2)C1. The highest BCUT2D eigenvalue weighted by Crippen LogP contribution is 2.43. The molecule has 0 aromatic rings. The molecule has 3 nitrogen and oxygen atoms in total. The number of ether oxygens (including phenoxy) is 1. The molecule has 2 aliphatic rings. The quantitative estimate of drug-likeness (QED) is 0.744. The second kappa shape index (κ2) is 7.43. The summed E-state index contributed by atoms with van der Waals surface area (Å²) in [6.07, 6.45) is 8.12. The maximum atomic E-state index is 5.36. The van der Waals surface area contributed by atoms with Gasteiger partial charge in [-0.2, -0.15) is 0 Å². The summed E-state index contributed by atoms with van der Waals surface area (Å²) >= 11 is 0. The highest BCUT2D eigenvalue weighted by Gasteiger charge is 2.42. The second-order valence-electron chi connectivity index (χ2n) is 7.78. The Balaban J connectivity index is 2.07. The molecule has 0 amide bonds. The Morgan fingerprint density at radius 1 is 1.19 bits per heavy atom. The molecule has 3 unspecified atom stereocenters. The van der Waals surface area contributed by atoms with E-state index in [4.69, 9.17) is 4.74 Å². The zero-order chi connectivity index (χ0) is 15.5. The molecule has 2 saturated carbocycles. The van der Waals surface area contributed by atoms with E-state index in [1.807, 2.05) is 7.11 Å². The fourth-order valence-corrected chi connectivity index (χ4v) is 4.07. The van der Waals surface area contributed by atoms with Gasteiger partial charge in [-0.05, 0) is 50.5 Å². The Bertz CT molecular complexity index is 314. The van der Waals surface area contributed by atoms with Crippen LogP contribution in [0.5, 0.6) is 0 Å². The molecule has 2 rings (SSSR count). The lowest BCUT2D eigenvalue weighted by Crippen LogP contribution is -2.55. The monoisotopic (exact) mass is 296 g/mol. The molecule has 0 radical (unpaired) electrons. The minimum atomic E-state index is 0.480. The van der Waals surface area contributed by atoms with Gasteiger partial charge in [0.1, 0.15) is 0 Å². The van der Waals surface area contributed by atoms with Gasteiger partial charge in [-0.3, -0.25) is 4.90 Å². The van der Waals surface area contributed by atoms with Crippen LogP contribution >= 0.6 is 0 Å². The van der Waals surface area contributed by atoms with Crippen molar-refractivity contribution in [1.29, 1.82) is 0 Å². The first-order valence-corrected chi connectivity index (χ1v) is 8.95. The summed E-state index contributed by atoms with van der Waals surface area (Å²) in [6.45, 7) is 9.24. The van der Waals surface area contributed by atoms with E-state index in [9.17, 15) is 0 Å². The Kier molecular flexibility index (Phi) is 6.10. The predicted molar refractivity (Wildman–Crippen MR) is 89.7 cm³/mol. The van der Waals surface area contributed by atoms with Gasteiger partial charge in [-0.1, -0.05) is 27.2 Å². The van der Waals surface area contributed by atoms with Gasteiger partial charge in [-0.15, -0.1) is 0 Å². The van der Waals surface area contributed by atoms with Crippen molar-refractivity contribution in [3.05, 3.63) is 0 Å². The first kappa shape index (κ1) is 17.2. The van der Waals surface area contributed by atoms with Crippen molar-refractivity contribution in [1.82, 2.24) is 10.2 Å². The highest BCUT2D eigenvalue weighted by atomic mass is 16.5. The molecule has 0 heterocycles. The first-order chi connectivity index (χ1) is 10.0. The summed E-state index contributed by atoms with van der Waals surface area (Å²) in [4.78, 5) is 2.77. The summed E-state index contributed by atoms with van der Waals surface area (Å²) in [7, 11) is 3.97. The summed E-state index contributed by atoms with van der Waals surface area (Å²) < 4.78 is 5.36. The van der Waals surface area contributed by atoms with Crippen LogP contribution in [-0.4, -0.2) is 50.3 Å². The molecule has 2 aliphatic carbocycles. The number of methoxy groups -OCH3 is 1. The fourth-order valence-electron chi connectivity index (χ4n) is 4.07. The van der Waals surface area contributed by atoms with Gasteiger partial charge >= 0.3 is 0 Å². The third-order valence-corrected chi connectivity index (χ3v) is 6.20. The standard InChI is InChI=1S/C18H36N2O/c1-6-18(2,3)14-7-10-16(19-4)17(13-14)20(11-12-21-5)15-8-9-15/h14-17,19H,6-13H2,1-5H3. The van der Waals surface area contributed by atoms with Crippen molar-refractivity contribution in [2.24, 2.45) is 11.3 Å². The van der Waals surface area contributed by atoms with Crippen LogP contribution in [0.3, 0.4) is 0 Å². The smallest absolute Gasteiger partial charge is 0.0589 e. The van der Waals surface area contributed by atoms with E-state index in [0.717, 1.165) is 25.1 Å². The molecule has 3 heteroatoms. The molecule has 1 N–H and O–H groups in total. The molecule has 0 aromatic carbocycles. The van der Waals surface area contributed by atoms with Crippen molar-refractivity contribution in [3.8, 4) is 0 Å². The van der Waals surface area contributed by atoms with Crippen LogP contribution in [0, 0.1) is 11.3 Å². The number of hydrogen-bond acceptors (Lipinski definition) is 3. The molecular weight excluding hydrogens is 260 g/mol. The predicted octanol–water partition coefficient (Wildman–Crippen LogP) is 3.29. The Morgan fingerprint density at radius 3 is 2.43 bits per heavy atom. The molecule has 0 bridgehead atoms. The zero-order valence-corrected chi connectivity index (χ0v) is 14.8. The lowest BCUT2D eigenvalue weighted by Gasteiger charge is -2.47. The fraction of sp³-hybridized carbons (Fsp3) is 1.00. The van der Waals surface area contributed by atoms with Crippen LogP contribution in [0.4, 0.5) is 0 Å². The van der Waals surface area contributed by atoms with Crippen molar-refractivity contribution in [2.75, 3.05) is 27.3 Å². The molecular formula is C18H36N2O. The van der Waals surface area contributed by atoms with Crippen molar-refractivity contribution < 1.29 is 4.74 Å². The lowest BCUT2D eigenvalue weighted by molar-refractivity contribution is 0.0331. The van der Waals surface area contributed by atoms with E-state index in [1.54, 1.807) is 0 Å². The van der Waals surface area contributed by atoms with Crippen LogP contribution in [0.15, 0.2) is 0 Å². The molecule has 0 saturated heterocycles. The summed E-state index contributed by atoms with van der Waals surface area (Å²) in [5.74, 6) is 0.862. The maximum Gasteiger partial charge on any atom is 0.0589 e. The molecule has 0 spiro atoms. The normalized spacial score (nSPS) is 30.9. The Hall–Kier alpha value is -0.120. The van der Waals surface area contributed by atoms with Gasteiger partial charge in [0.05, 0.1) is 6.61 Å². The number of rotatable bonds is 8. The van der Waals surface area contributed by atoms with Gasteiger partial charge in [0.25, 0.3) is 0 Å². The maximum absolute atomic E-state index is 5.36. The number of likely N-dealkylation sites (N-methyl/N-ethyl adjacent to an activating group) is 1. The summed E-state index contributed by atoms with van der Waals surface area (Å²) in [5.41, 5.74) is 0.480. The van der Waals surface area contributed by atoms with Crippen LogP contribution in [-0.2, 0) is 4.74 Å². The minimum Gasteiger partial charge on any atom is -0.383 e. The molecule has 0 aliphatic heterocycles. The Labute approximate surface area is 131 Å². The first-order valence-electron chi connectivity index (χ1n) is 8.95. The van der Waals surface area contributed by atoms with Crippen molar-refractivity contribution in [3.63, 3.8) is 0 Å². The van der Waals surface area contributed by atoms with Gasteiger partial charge in [-0.25, -0.2) is 0 Å². The van der Waals surface area contributed by atoms with Gasteiger partial charge < -0.3 is 10.1 Å². The molecule has 124 valence electrons. The van der Waals surface area contributed by atoms with Crippen LogP contribution in [0.25, 0.3) is 0 Å². The number of hydrogen-bond donors (Lipinski definition) is 1. The third kappa shape index (κ3) is 4.20. The molecule has 3 atom stereocenters. The van der Waals surface area contributed by atoms with E-state index in [0.29, 0.717) is 17.5 Å². The van der Waals surface area contributed by atoms with Gasteiger partial charge in [0, 0.05) is 31.8 Å². The van der Waals surface area contributed by atoms with Crippen LogP contribution in [0.1, 0.15) is 59.3 Å². The summed E-state index contributed by atoms with van der Waals surface area (Å²) in [5, 5.41) is 3.60. The largest absolute Gasteiger partial charge is 0.383 e. The number of nitrogens with zero attached hydrogens (tertiary/aromatic N) is 1. The van der Waals surface area contributed by atoms with E-state index in [-0.39, 0.29) is 0 Å². The molecule has 21 heavy (non-hydrogen) atoms. The average molecular weight is 296 g/mol. The van der Waals surface area contributed by atoms with Crippen molar-refractivity contribution in [2.45, 2.75) is 77.4 Å². The minimum absolute atomic E-state index is 0.480. The van der Waals surface area contributed by atoms with E-state index in [2.05, 4.69) is 38.0 Å². The van der Waals surface area contributed by atoms with E-state index >= 15 is 0 Å². The van der Waals surface area contributed by atoms with Crippen LogP contribution < -0.4 is 5.32 Å². The second-order valence-corrected chi connectivity index (χ2v) is 7.78. The lowest BCUT2D eigenvalue weighted by atomic mass is 9.67. The topological polar surface area (TPSA) is 24.5 Å². The van der Waals surface area contributed by atoms with Gasteiger partial charge in [0.15, 0.2) is 0 Å². The summed E-state index contributed by atoms with van der Waals surface area (Å²) in [6, 6.07) is 2.18. The average Bonchev–Trinajstić information content (AvgIpc) is 3.32.